The number of nitrogens with zero attached hydrogens (tertiary/aromatic N) is 1. The molecule has 0 atom stereocenters. The average Bonchev–Trinajstić information content (AvgIpc) is 2.23. The lowest BCUT2D eigenvalue weighted by Crippen LogP contribution is -2.01. The third kappa shape index (κ3) is 1.64. The van der Waals surface area contributed by atoms with Crippen LogP contribution in [0.3, 0.4) is 0 Å². The Morgan fingerprint density at radius 2 is 1.87 bits per heavy atom. The highest BCUT2D eigenvalue weighted by atomic mass is 35.5. The Balaban J connectivity index is 2.96. The minimum absolute atomic E-state index is 0.0833. The van der Waals surface area contributed by atoms with Gasteiger partial charge in [-0.3, -0.25) is 0 Å². The maximum absolute atomic E-state index is 10.9. The zero-order chi connectivity index (χ0) is 11.0. The molecule has 0 aliphatic carbocycles. The second-order valence-electron chi connectivity index (χ2n) is 2.92. The van der Waals surface area contributed by atoms with Crippen LogP contribution in [0.15, 0.2) is 24.4 Å². The number of carboxylic acids is 1. The van der Waals surface area contributed by atoms with E-state index in [1.807, 2.05) is 0 Å². The maximum atomic E-state index is 10.9. The van der Waals surface area contributed by atoms with E-state index in [-0.39, 0.29) is 5.69 Å². The average molecular weight is 242 g/mol. The Morgan fingerprint density at radius 1 is 1.20 bits per heavy atom. The minimum atomic E-state index is -1.12. The molecule has 0 aliphatic heterocycles. The summed E-state index contributed by atoms with van der Waals surface area (Å²) in [6.07, 6.45) is 1.40. The molecule has 0 spiro atoms. The van der Waals surface area contributed by atoms with E-state index in [9.17, 15) is 4.79 Å². The highest BCUT2D eigenvalue weighted by Crippen LogP contribution is 2.31. The summed E-state index contributed by atoms with van der Waals surface area (Å²) >= 11 is 11.8. The maximum Gasteiger partial charge on any atom is 0.355 e. The smallest absolute Gasteiger partial charge is 0.355 e. The van der Waals surface area contributed by atoms with Crippen molar-refractivity contribution >= 4 is 39.9 Å². The van der Waals surface area contributed by atoms with Gasteiger partial charge >= 0.3 is 5.97 Å². The number of hydrogen-bond acceptors (Lipinski definition) is 2. The number of pyridine rings is 1. The van der Waals surface area contributed by atoms with Crippen molar-refractivity contribution in [2.75, 3.05) is 0 Å². The lowest BCUT2D eigenvalue weighted by atomic mass is 10.1. The van der Waals surface area contributed by atoms with E-state index in [2.05, 4.69) is 4.98 Å². The van der Waals surface area contributed by atoms with Crippen molar-refractivity contribution in [2.45, 2.75) is 0 Å². The van der Waals surface area contributed by atoms with Crippen LogP contribution in [0.5, 0.6) is 0 Å². The van der Waals surface area contributed by atoms with Crippen LogP contribution in [-0.2, 0) is 0 Å². The Bertz CT molecular complexity index is 554. The van der Waals surface area contributed by atoms with Gasteiger partial charge in [0, 0.05) is 22.0 Å². The van der Waals surface area contributed by atoms with Gasteiger partial charge in [0.2, 0.25) is 0 Å². The van der Waals surface area contributed by atoms with Crippen molar-refractivity contribution < 1.29 is 9.90 Å². The van der Waals surface area contributed by atoms with Gasteiger partial charge in [-0.15, -0.1) is 0 Å². The second kappa shape index (κ2) is 3.68. The van der Waals surface area contributed by atoms with E-state index < -0.39 is 5.97 Å². The van der Waals surface area contributed by atoms with Crippen LogP contribution in [0.1, 0.15) is 10.5 Å². The lowest BCUT2D eigenvalue weighted by molar-refractivity contribution is 0.0693. The van der Waals surface area contributed by atoms with Gasteiger partial charge in [-0.2, -0.15) is 0 Å². The minimum Gasteiger partial charge on any atom is -0.476 e. The van der Waals surface area contributed by atoms with Gasteiger partial charge in [0.15, 0.2) is 5.69 Å². The largest absolute Gasteiger partial charge is 0.476 e. The summed E-state index contributed by atoms with van der Waals surface area (Å²) < 4.78 is 0. The zero-order valence-corrected chi connectivity index (χ0v) is 8.88. The number of carboxylic acid groups (broad SMARTS) is 1. The third-order valence-corrected chi connectivity index (χ3v) is 2.67. The van der Waals surface area contributed by atoms with Gasteiger partial charge in [-0.05, 0) is 18.2 Å². The fourth-order valence-electron chi connectivity index (χ4n) is 1.38. The monoisotopic (exact) mass is 241 g/mol. The molecule has 76 valence electrons. The van der Waals surface area contributed by atoms with Crippen molar-refractivity contribution in [3.05, 3.63) is 40.1 Å². The summed E-state index contributed by atoms with van der Waals surface area (Å²) in [5, 5.41) is 10.7. The van der Waals surface area contributed by atoms with Crippen LogP contribution in [0.25, 0.3) is 10.8 Å². The van der Waals surface area contributed by atoms with Crippen molar-refractivity contribution in [2.24, 2.45) is 0 Å². The molecule has 3 nitrogen and oxygen atoms in total. The number of benzene rings is 1. The van der Waals surface area contributed by atoms with Crippen LogP contribution >= 0.6 is 23.2 Å². The second-order valence-corrected chi connectivity index (χ2v) is 3.73. The number of halogens is 2. The summed E-state index contributed by atoms with van der Waals surface area (Å²) in [5.41, 5.74) is -0.0833. The molecule has 1 N–H and O–H groups in total. The number of hydrogen-bond donors (Lipinski definition) is 1. The number of aromatic carboxylic acids is 1. The van der Waals surface area contributed by atoms with Crippen LogP contribution in [-0.4, -0.2) is 16.1 Å². The topological polar surface area (TPSA) is 50.2 Å². The Hall–Kier alpha value is -1.32. The summed E-state index contributed by atoms with van der Waals surface area (Å²) in [7, 11) is 0. The molecule has 0 fully saturated rings. The molecule has 0 amide bonds. The molecular formula is C10H5Cl2NO2. The van der Waals surface area contributed by atoms with Crippen LogP contribution in [0.2, 0.25) is 10.0 Å². The summed E-state index contributed by atoms with van der Waals surface area (Å²) in [6, 6.07) is 4.81. The van der Waals surface area contributed by atoms with E-state index >= 15 is 0 Å². The van der Waals surface area contributed by atoms with Gasteiger partial charge in [-0.25, -0.2) is 9.78 Å². The van der Waals surface area contributed by atoms with Gasteiger partial charge in [-0.1, -0.05) is 23.2 Å². The highest BCUT2D eigenvalue weighted by molar-refractivity contribution is 6.41. The number of carbonyl (C=O) groups is 1. The number of aromatic nitrogens is 1. The van der Waals surface area contributed by atoms with Gasteiger partial charge < -0.3 is 5.11 Å². The molecule has 0 aliphatic rings. The quantitative estimate of drug-likeness (QED) is 0.834. The molecule has 5 heteroatoms. The first-order valence-corrected chi connectivity index (χ1v) is 4.83. The third-order valence-electron chi connectivity index (χ3n) is 2.03. The zero-order valence-electron chi connectivity index (χ0n) is 7.37. The SMILES string of the molecule is O=C(O)c1nccc2c(Cl)ccc(Cl)c12. The van der Waals surface area contributed by atoms with E-state index in [0.29, 0.717) is 20.8 Å². The van der Waals surface area contributed by atoms with Crippen LogP contribution in [0, 0.1) is 0 Å². The van der Waals surface area contributed by atoms with Crippen molar-refractivity contribution in [1.82, 2.24) is 4.98 Å². The molecule has 15 heavy (non-hydrogen) atoms. The molecule has 0 bridgehead atoms. The van der Waals surface area contributed by atoms with E-state index in [4.69, 9.17) is 28.3 Å². The van der Waals surface area contributed by atoms with Crippen molar-refractivity contribution in [3.63, 3.8) is 0 Å². The normalized spacial score (nSPS) is 10.5. The summed E-state index contributed by atoms with van der Waals surface area (Å²) in [6.45, 7) is 0. The van der Waals surface area contributed by atoms with Gasteiger partial charge in [0.05, 0.1) is 5.02 Å². The number of rotatable bonds is 1. The first kappa shape index (κ1) is 10.2. The molecule has 1 aromatic carbocycles. The van der Waals surface area contributed by atoms with Crippen molar-refractivity contribution in [1.29, 1.82) is 0 Å². The Morgan fingerprint density at radius 3 is 2.53 bits per heavy atom. The molecule has 0 saturated heterocycles. The first-order chi connectivity index (χ1) is 7.11. The fraction of sp³-hybridized carbons (Fsp3) is 0. The lowest BCUT2D eigenvalue weighted by Gasteiger charge is -2.04. The summed E-state index contributed by atoms with van der Waals surface area (Å²) in [4.78, 5) is 14.7. The molecule has 0 radical (unpaired) electrons. The predicted molar refractivity (Wildman–Crippen MR) is 58.7 cm³/mol. The molecule has 0 saturated carbocycles. The highest BCUT2D eigenvalue weighted by Gasteiger charge is 2.14. The van der Waals surface area contributed by atoms with E-state index in [0.717, 1.165) is 0 Å². The fourth-order valence-corrected chi connectivity index (χ4v) is 1.86. The Kier molecular flexibility index (Phi) is 2.50. The van der Waals surface area contributed by atoms with Gasteiger partial charge in [0.1, 0.15) is 0 Å². The molecule has 1 heterocycles. The van der Waals surface area contributed by atoms with E-state index in [1.165, 1.54) is 6.20 Å². The predicted octanol–water partition coefficient (Wildman–Crippen LogP) is 3.24. The van der Waals surface area contributed by atoms with Crippen molar-refractivity contribution in [3.8, 4) is 0 Å². The molecule has 0 unspecified atom stereocenters. The van der Waals surface area contributed by atoms with E-state index in [1.54, 1.807) is 18.2 Å². The van der Waals surface area contributed by atoms with Crippen LogP contribution in [0.4, 0.5) is 0 Å². The summed E-state index contributed by atoms with van der Waals surface area (Å²) in [5.74, 6) is -1.12. The molecule has 2 rings (SSSR count). The van der Waals surface area contributed by atoms with Crippen LogP contribution < -0.4 is 0 Å². The molecule has 2 aromatic rings. The Labute approximate surface area is 95.3 Å². The first-order valence-electron chi connectivity index (χ1n) is 4.07. The number of fused-ring (bicyclic) bond motifs is 1. The molecular weight excluding hydrogens is 237 g/mol. The standard InChI is InChI=1S/C10H5Cl2NO2/c11-6-1-2-7(12)8-5(6)3-4-13-9(8)10(14)15/h1-4H,(H,14,15). The van der Waals surface area contributed by atoms with Gasteiger partial charge in [0.25, 0.3) is 0 Å². The molecule has 1 aromatic heterocycles.